The van der Waals surface area contributed by atoms with Gasteiger partial charge in [0.15, 0.2) is 0 Å². The molecule has 1 heterocycles. The minimum Gasteiger partial charge on any atom is -0.327 e. The van der Waals surface area contributed by atoms with E-state index in [1.165, 1.54) is 25.1 Å². The van der Waals surface area contributed by atoms with Crippen LogP contribution in [0.2, 0.25) is 0 Å². The summed E-state index contributed by atoms with van der Waals surface area (Å²) in [5.41, 5.74) is 8.13. The summed E-state index contributed by atoms with van der Waals surface area (Å²) in [6, 6.07) is 10.9. The SMILES string of the molecule is CC1(C)CCN(CC(N)CCc2ccccc2)C1. The zero-order valence-electron chi connectivity index (χ0n) is 11.7. The highest BCUT2D eigenvalue weighted by atomic mass is 15.2. The van der Waals surface area contributed by atoms with Crippen molar-refractivity contribution in [1.29, 1.82) is 0 Å². The van der Waals surface area contributed by atoms with Crippen LogP contribution in [-0.2, 0) is 6.42 Å². The van der Waals surface area contributed by atoms with Gasteiger partial charge in [-0.2, -0.15) is 0 Å². The van der Waals surface area contributed by atoms with Gasteiger partial charge in [0.1, 0.15) is 0 Å². The Morgan fingerprint density at radius 3 is 2.61 bits per heavy atom. The molecule has 0 radical (unpaired) electrons. The van der Waals surface area contributed by atoms with Gasteiger partial charge < -0.3 is 10.6 Å². The second-order valence-corrected chi connectivity index (χ2v) is 6.43. The molecule has 2 nitrogen and oxygen atoms in total. The predicted molar refractivity (Wildman–Crippen MR) is 77.6 cm³/mol. The van der Waals surface area contributed by atoms with Gasteiger partial charge >= 0.3 is 0 Å². The molecule has 1 aromatic carbocycles. The third-order valence-electron chi connectivity index (χ3n) is 3.90. The van der Waals surface area contributed by atoms with Crippen molar-refractivity contribution in [3.63, 3.8) is 0 Å². The van der Waals surface area contributed by atoms with Crippen molar-refractivity contribution < 1.29 is 0 Å². The predicted octanol–water partition coefficient (Wildman–Crippen LogP) is 2.68. The summed E-state index contributed by atoms with van der Waals surface area (Å²) < 4.78 is 0. The van der Waals surface area contributed by atoms with E-state index in [4.69, 9.17) is 5.73 Å². The van der Waals surface area contributed by atoms with Crippen LogP contribution in [0, 0.1) is 5.41 Å². The van der Waals surface area contributed by atoms with E-state index in [9.17, 15) is 0 Å². The van der Waals surface area contributed by atoms with Crippen molar-refractivity contribution in [2.75, 3.05) is 19.6 Å². The van der Waals surface area contributed by atoms with Crippen LogP contribution in [-0.4, -0.2) is 30.6 Å². The number of hydrogen-bond acceptors (Lipinski definition) is 2. The van der Waals surface area contributed by atoms with E-state index >= 15 is 0 Å². The molecule has 1 aliphatic rings. The number of likely N-dealkylation sites (tertiary alicyclic amines) is 1. The maximum Gasteiger partial charge on any atom is 0.0170 e. The molecule has 18 heavy (non-hydrogen) atoms. The molecule has 0 aromatic heterocycles. The van der Waals surface area contributed by atoms with Crippen molar-refractivity contribution in [2.24, 2.45) is 11.1 Å². The maximum atomic E-state index is 6.25. The third-order valence-corrected chi connectivity index (χ3v) is 3.90. The second kappa shape index (κ2) is 5.85. The van der Waals surface area contributed by atoms with Gasteiger partial charge in [0.2, 0.25) is 0 Å². The fourth-order valence-electron chi connectivity index (χ4n) is 2.80. The molecule has 1 aliphatic heterocycles. The molecule has 1 aromatic rings. The number of benzene rings is 1. The molecule has 2 heteroatoms. The fourth-order valence-corrected chi connectivity index (χ4v) is 2.80. The lowest BCUT2D eigenvalue weighted by Crippen LogP contribution is -2.37. The number of nitrogens with two attached hydrogens (primary N) is 1. The Morgan fingerprint density at radius 1 is 1.28 bits per heavy atom. The topological polar surface area (TPSA) is 29.3 Å². The summed E-state index contributed by atoms with van der Waals surface area (Å²) in [5, 5.41) is 0. The van der Waals surface area contributed by atoms with Crippen LogP contribution in [0.25, 0.3) is 0 Å². The van der Waals surface area contributed by atoms with Crippen LogP contribution in [0.15, 0.2) is 30.3 Å². The highest BCUT2D eigenvalue weighted by molar-refractivity contribution is 5.14. The van der Waals surface area contributed by atoms with Crippen molar-refractivity contribution in [3.05, 3.63) is 35.9 Å². The summed E-state index contributed by atoms with van der Waals surface area (Å²) in [6.07, 6.45) is 3.48. The molecule has 1 atom stereocenters. The van der Waals surface area contributed by atoms with Crippen LogP contribution in [0.1, 0.15) is 32.3 Å². The van der Waals surface area contributed by atoms with Gasteiger partial charge in [0.05, 0.1) is 0 Å². The Kier molecular flexibility index (Phi) is 4.41. The number of nitrogens with zero attached hydrogens (tertiary/aromatic N) is 1. The van der Waals surface area contributed by atoms with Crippen LogP contribution in [0.3, 0.4) is 0 Å². The van der Waals surface area contributed by atoms with Gasteiger partial charge in [-0.25, -0.2) is 0 Å². The van der Waals surface area contributed by atoms with Crippen molar-refractivity contribution in [2.45, 2.75) is 39.2 Å². The van der Waals surface area contributed by atoms with Crippen LogP contribution < -0.4 is 5.73 Å². The standard InChI is InChI=1S/C16H26N2/c1-16(2)10-11-18(13-16)12-15(17)9-8-14-6-4-3-5-7-14/h3-7,15H,8-13,17H2,1-2H3. The van der Waals surface area contributed by atoms with Gasteiger partial charge in [-0.1, -0.05) is 44.2 Å². The second-order valence-electron chi connectivity index (χ2n) is 6.43. The molecule has 0 spiro atoms. The molecule has 2 N–H and O–H groups in total. The van der Waals surface area contributed by atoms with Crippen molar-refractivity contribution >= 4 is 0 Å². The summed E-state index contributed by atoms with van der Waals surface area (Å²) in [6.45, 7) is 8.17. The third kappa shape index (κ3) is 4.11. The van der Waals surface area contributed by atoms with E-state index in [1.54, 1.807) is 0 Å². The van der Waals surface area contributed by atoms with E-state index in [0.717, 1.165) is 19.4 Å². The fraction of sp³-hybridized carbons (Fsp3) is 0.625. The highest BCUT2D eigenvalue weighted by Gasteiger charge is 2.29. The van der Waals surface area contributed by atoms with E-state index in [0.29, 0.717) is 11.5 Å². The van der Waals surface area contributed by atoms with Crippen LogP contribution in [0.5, 0.6) is 0 Å². The van der Waals surface area contributed by atoms with Gasteiger partial charge in [0.25, 0.3) is 0 Å². The molecule has 2 rings (SSSR count). The number of aryl methyl sites for hydroxylation is 1. The lowest BCUT2D eigenvalue weighted by molar-refractivity contribution is 0.271. The molecule has 0 bridgehead atoms. The van der Waals surface area contributed by atoms with E-state index in [-0.39, 0.29) is 0 Å². The lowest BCUT2D eigenvalue weighted by atomic mass is 9.93. The molecule has 1 fully saturated rings. The molecular formula is C16H26N2. The summed E-state index contributed by atoms with van der Waals surface area (Å²) >= 11 is 0. The first kappa shape index (κ1) is 13.6. The number of hydrogen-bond donors (Lipinski definition) is 1. The molecule has 0 amide bonds. The molecular weight excluding hydrogens is 220 g/mol. The van der Waals surface area contributed by atoms with Gasteiger partial charge in [-0.05, 0) is 36.8 Å². The van der Waals surface area contributed by atoms with E-state index in [2.05, 4.69) is 49.1 Å². The Bertz CT molecular complexity index is 359. The minimum atomic E-state index is 0.305. The van der Waals surface area contributed by atoms with Gasteiger partial charge in [-0.3, -0.25) is 0 Å². The largest absolute Gasteiger partial charge is 0.327 e. The summed E-state index contributed by atoms with van der Waals surface area (Å²) in [7, 11) is 0. The Hall–Kier alpha value is -0.860. The molecule has 0 aliphatic carbocycles. The van der Waals surface area contributed by atoms with Crippen molar-refractivity contribution in [1.82, 2.24) is 4.90 Å². The lowest BCUT2D eigenvalue weighted by Gasteiger charge is -2.22. The summed E-state index contributed by atoms with van der Waals surface area (Å²) in [4.78, 5) is 2.52. The first-order chi connectivity index (χ1) is 8.55. The zero-order valence-corrected chi connectivity index (χ0v) is 11.7. The monoisotopic (exact) mass is 246 g/mol. The quantitative estimate of drug-likeness (QED) is 0.865. The van der Waals surface area contributed by atoms with Crippen LogP contribution in [0.4, 0.5) is 0 Å². The Balaban J connectivity index is 1.71. The Morgan fingerprint density at radius 2 is 2.00 bits per heavy atom. The van der Waals surface area contributed by atoms with Gasteiger partial charge in [0, 0.05) is 19.1 Å². The average molecular weight is 246 g/mol. The first-order valence-corrected chi connectivity index (χ1v) is 7.07. The molecule has 100 valence electrons. The van der Waals surface area contributed by atoms with Crippen molar-refractivity contribution in [3.8, 4) is 0 Å². The first-order valence-electron chi connectivity index (χ1n) is 7.07. The van der Waals surface area contributed by atoms with Crippen LogP contribution >= 0.6 is 0 Å². The smallest absolute Gasteiger partial charge is 0.0170 e. The normalized spacial score (nSPS) is 21.1. The van der Waals surface area contributed by atoms with Gasteiger partial charge in [-0.15, -0.1) is 0 Å². The maximum absolute atomic E-state index is 6.25. The molecule has 1 saturated heterocycles. The number of rotatable bonds is 5. The zero-order chi connectivity index (χ0) is 13.0. The van der Waals surface area contributed by atoms with E-state index < -0.39 is 0 Å². The average Bonchev–Trinajstić information content (AvgIpc) is 2.67. The molecule has 0 saturated carbocycles. The summed E-state index contributed by atoms with van der Waals surface area (Å²) in [5.74, 6) is 0. The highest BCUT2D eigenvalue weighted by Crippen LogP contribution is 2.28. The van der Waals surface area contributed by atoms with E-state index in [1.807, 2.05) is 0 Å². The minimum absolute atomic E-state index is 0.305. The Labute approximate surface area is 111 Å². The molecule has 1 unspecified atom stereocenters.